The molecule has 0 radical (unpaired) electrons. The maximum atomic E-state index is 12.4. The van der Waals surface area contributed by atoms with Crippen molar-refractivity contribution in [3.63, 3.8) is 0 Å². The van der Waals surface area contributed by atoms with Crippen molar-refractivity contribution in [3.05, 3.63) is 26.6 Å². The molecule has 3 rings (SSSR count). The quantitative estimate of drug-likeness (QED) is 0.862. The number of rotatable bonds is 2. The van der Waals surface area contributed by atoms with Gasteiger partial charge in [0.15, 0.2) is 4.77 Å². The summed E-state index contributed by atoms with van der Waals surface area (Å²) < 4.78 is 7.61. The molecule has 1 aliphatic rings. The summed E-state index contributed by atoms with van der Waals surface area (Å²) in [6.45, 7) is 0. The molecule has 0 aromatic carbocycles. The van der Waals surface area contributed by atoms with E-state index in [1.807, 2.05) is 11.4 Å². The number of thiophene rings is 1. The number of aromatic amines is 1. The molecule has 0 bridgehead atoms. The minimum atomic E-state index is 0.0248. The third-order valence-electron chi connectivity index (χ3n) is 3.61. The number of H-pyrrole nitrogens is 1. The SMILES string of the molecule is COC1CCC(n2c(=S)[nH]c3sccc3c2=O)C1. The molecular weight excluding hydrogens is 268 g/mol. The minimum absolute atomic E-state index is 0.0248. The van der Waals surface area contributed by atoms with Gasteiger partial charge in [0.05, 0.1) is 11.5 Å². The number of nitrogens with one attached hydrogen (secondary N) is 1. The third-order valence-corrected chi connectivity index (χ3v) is 4.74. The maximum Gasteiger partial charge on any atom is 0.263 e. The van der Waals surface area contributed by atoms with Crippen molar-refractivity contribution >= 4 is 33.8 Å². The van der Waals surface area contributed by atoms with E-state index in [0.29, 0.717) is 4.77 Å². The molecule has 18 heavy (non-hydrogen) atoms. The van der Waals surface area contributed by atoms with Gasteiger partial charge in [-0.15, -0.1) is 11.3 Å². The predicted molar refractivity (Wildman–Crippen MR) is 75.0 cm³/mol. The van der Waals surface area contributed by atoms with Crippen LogP contribution in [0.5, 0.6) is 0 Å². The first-order chi connectivity index (χ1) is 8.70. The summed E-state index contributed by atoms with van der Waals surface area (Å²) in [4.78, 5) is 16.4. The van der Waals surface area contributed by atoms with Gasteiger partial charge in [0.25, 0.3) is 5.56 Å². The van der Waals surface area contributed by atoms with Gasteiger partial charge in [-0.3, -0.25) is 9.36 Å². The molecular formula is C12H14N2O2S2. The van der Waals surface area contributed by atoms with Crippen molar-refractivity contribution in [2.45, 2.75) is 31.4 Å². The van der Waals surface area contributed by atoms with Gasteiger partial charge in [0.1, 0.15) is 4.83 Å². The highest BCUT2D eigenvalue weighted by Crippen LogP contribution is 2.31. The Labute approximate surface area is 113 Å². The number of ether oxygens (including phenoxy) is 1. The van der Waals surface area contributed by atoms with Gasteiger partial charge in [-0.25, -0.2) is 0 Å². The number of methoxy groups -OCH3 is 1. The Morgan fingerprint density at radius 1 is 1.56 bits per heavy atom. The van der Waals surface area contributed by atoms with Gasteiger partial charge in [0, 0.05) is 13.2 Å². The van der Waals surface area contributed by atoms with Crippen LogP contribution in [0.1, 0.15) is 25.3 Å². The average molecular weight is 282 g/mol. The topological polar surface area (TPSA) is 47.0 Å². The number of hydrogen-bond acceptors (Lipinski definition) is 4. The summed E-state index contributed by atoms with van der Waals surface area (Å²) >= 11 is 6.83. The standard InChI is InChI=1S/C12H14N2O2S2/c1-16-8-3-2-7(6-8)14-11(15)9-4-5-18-10(9)13-12(14)17/h4-5,7-8H,2-3,6H2,1H3,(H,13,17). The van der Waals surface area contributed by atoms with Crippen LogP contribution in [-0.2, 0) is 4.74 Å². The van der Waals surface area contributed by atoms with E-state index in [9.17, 15) is 4.79 Å². The summed E-state index contributed by atoms with van der Waals surface area (Å²) in [7, 11) is 1.72. The molecule has 4 nitrogen and oxygen atoms in total. The van der Waals surface area contributed by atoms with Crippen molar-refractivity contribution in [3.8, 4) is 0 Å². The summed E-state index contributed by atoms with van der Waals surface area (Å²) in [5.41, 5.74) is 0.0248. The zero-order valence-electron chi connectivity index (χ0n) is 10.0. The predicted octanol–water partition coefficient (Wildman–Crippen LogP) is 2.86. The van der Waals surface area contributed by atoms with Crippen molar-refractivity contribution in [1.82, 2.24) is 9.55 Å². The molecule has 2 heterocycles. The Morgan fingerprint density at radius 2 is 2.39 bits per heavy atom. The lowest BCUT2D eigenvalue weighted by molar-refractivity contribution is 0.105. The van der Waals surface area contributed by atoms with Crippen LogP contribution in [0.15, 0.2) is 16.2 Å². The van der Waals surface area contributed by atoms with Gasteiger partial charge >= 0.3 is 0 Å². The van der Waals surface area contributed by atoms with Gasteiger partial charge in [0.2, 0.25) is 0 Å². The lowest BCUT2D eigenvalue weighted by atomic mass is 10.2. The monoisotopic (exact) mass is 282 g/mol. The minimum Gasteiger partial charge on any atom is -0.381 e. The summed E-state index contributed by atoms with van der Waals surface area (Å²) in [6.07, 6.45) is 3.05. The van der Waals surface area contributed by atoms with Crippen LogP contribution in [0.3, 0.4) is 0 Å². The molecule has 2 aromatic rings. The molecule has 1 aliphatic carbocycles. The van der Waals surface area contributed by atoms with E-state index in [1.54, 1.807) is 11.7 Å². The van der Waals surface area contributed by atoms with E-state index >= 15 is 0 Å². The fraction of sp³-hybridized carbons (Fsp3) is 0.500. The molecule has 2 atom stereocenters. The van der Waals surface area contributed by atoms with Crippen molar-refractivity contribution < 1.29 is 4.74 Å². The summed E-state index contributed by atoms with van der Waals surface area (Å²) in [6, 6.07) is 2.02. The maximum absolute atomic E-state index is 12.4. The second-order valence-corrected chi connectivity index (χ2v) is 5.90. The Morgan fingerprint density at radius 3 is 3.11 bits per heavy atom. The number of aromatic nitrogens is 2. The molecule has 6 heteroatoms. The second kappa shape index (κ2) is 4.60. The Balaban J connectivity index is 2.12. The van der Waals surface area contributed by atoms with Crippen molar-refractivity contribution in [2.24, 2.45) is 0 Å². The van der Waals surface area contributed by atoms with Crippen LogP contribution in [0.2, 0.25) is 0 Å². The number of hydrogen-bond donors (Lipinski definition) is 1. The molecule has 0 aliphatic heterocycles. The molecule has 0 amide bonds. The highest BCUT2D eigenvalue weighted by Gasteiger charge is 2.27. The van der Waals surface area contributed by atoms with Crippen LogP contribution in [0.25, 0.3) is 10.2 Å². The van der Waals surface area contributed by atoms with E-state index < -0.39 is 0 Å². The molecule has 96 valence electrons. The number of nitrogens with zero attached hydrogens (tertiary/aromatic N) is 1. The van der Waals surface area contributed by atoms with Crippen LogP contribution < -0.4 is 5.56 Å². The van der Waals surface area contributed by atoms with E-state index in [2.05, 4.69) is 4.98 Å². The molecule has 0 saturated heterocycles. The van der Waals surface area contributed by atoms with Gasteiger partial charge in [-0.05, 0) is 42.9 Å². The highest BCUT2D eigenvalue weighted by molar-refractivity contribution is 7.71. The third kappa shape index (κ3) is 1.84. The molecule has 0 spiro atoms. The van der Waals surface area contributed by atoms with Gasteiger partial charge < -0.3 is 9.72 Å². The zero-order valence-corrected chi connectivity index (χ0v) is 11.6. The van der Waals surface area contributed by atoms with Crippen LogP contribution >= 0.6 is 23.6 Å². The molecule has 1 fully saturated rings. The zero-order chi connectivity index (χ0) is 12.7. The molecule has 2 unspecified atom stereocenters. The van der Waals surface area contributed by atoms with Crippen molar-refractivity contribution in [1.29, 1.82) is 0 Å². The highest BCUT2D eigenvalue weighted by atomic mass is 32.1. The molecule has 1 N–H and O–H groups in total. The Hall–Kier alpha value is -0.980. The lowest BCUT2D eigenvalue weighted by Crippen LogP contribution is -2.25. The van der Waals surface area contributed by atoms with Crippen LogP contribution in [-0.4, -0.2) is 22.8 Å². The fourth-order valence-electron chi connectivity index (χ4n) is 2.65. The Kier molecular flexibility index (Phi) is 3.09. The fourth-order valence-corrected chi connectivity index (χ4v) is 3.83. The normalized spacial score (nSPS) is 23.8. The van der Waals surface area contributed by atoms with E-state index in [-0.39, 0.29) is 17.7 Å². The van der Waals surface area contributed by atoms with Crippen LogP contribution in [0.4, 0.5) is 0 Å². The molecule has 1 saturated carbocycles. The first-order valence-corrected chi connectivity index (χ1v) is 7.24. The first kappa shape index (κ1) is 12.1. The van der Waals surface area contributed by atoms with E-state index in [4.69, 9.17) is 17.0 Å². The average Bonchev–Trinajstić information content (AvgIpc) is 2.97. The van der Waals surface area contributed by atoms with E-state index in [1.165, 1.54) is 11.3 Å². The summed E-state index contributed by atoms with van der Waals surface area (Å²) in [5, 5.41) is 2.64. The smallest absolute Gasteiger partial charge is 0.263 e. The Bertz CT molecular complexity index is 685. The largest absolute Gasteiger partial charge is 0.381 e. The lowest BCUT2D eigenvalue weighted by Gasteiger charge is -2.14. The van der Waals surface area contributed by atoms with Gasteiger partial charge in [-0.1, -0.05) is 0 Å². The van der Waals surface area contributed by atoms with E-state index in [0.717, 1.165) is 29.5 Å². The first-order valence-electron chi connectivity index (χ1n) is 5.95. The molecule has 2 aromatic heterocycles. The van der Waals surface area contributed by atoms with Crippen LogP contribution in [0, 0.1) is 4.77 Å². The van der Waals surface area contributed by atoms with Crippen molar-refractivity contribution in [2.75, 3.05) is 7.11 Å². The van der Waals surface area contributed by atoms with Gasteiger partial charge in [-0.2, -0.15) is 0 Å². The second-order valence-electron chi connectivity index (χ2n) is 4.59. The number of fused-ring (bicyclic) bond motifs is 1. The summed E-state index contributed by atoms with van der Waals surface area (Å²) in [5.74, 6) is 0.